The number of benzene rings is 1. The summed E-state index contributed by atoms with van der Waals surface area (Å²) in [5.74, 6) is -0.542. The number of aromatic nitrogens is 3. The first-order valence-corrected chi connectivity index (χ1v) is 11.5. The van der Waals surface area contributed by atoms with Gasteiger partial charge in [0, 0.05) is 43.4 Å². The number of alkyl halides is 2. The smallest absolute Gasteiger partial charge is 0.261 e. The highest BCUT2D eigenvalue weighted by Gasteiger charge is 2.36. The Morgan fingerprint density at radius 1 is 1.00 bits per heavy atom. The molecule has 1 saturated carbocycles. The highest BCUT2D eigenvalue weighted by molar-refractivity contribution is 5.88. The molecule has 5 rings (SSSR count). The lowest BCUT2D eigenvalue weighted by molar-refractivity contribution is -0.0414. The molecule has 8 heteroatoms. The van der Waals surface area contributed by atoms with E-state index in [4.69, 9.17) is 9.51 Å². The summed E-state index contributed by atoms with van der Waals surface area (Å²) in [7, 11) is 0. The molecule has 32 heavy (non-hydrogen) atoms. The Kier molecular flexibility index (Phi) is 5.57. The number of pyridine rings is 1. The largest absolute Gasteiger partial charge is 0.356 e. The maximum Gasteiger partial charge on any atom is 0.261 e. The molecule has 0 atom stereocenters. The molecule has 0 spiro atoms. The topological polar surface area (TPSA) is 67.1 Å². The molecule has 1 aromatic carbocycles. The van der Waals surface area contributed by atoms with Crippen LogP contribution < -0.4 is 10.2 Å². The van der Waals surface area contributed by atoms with Crippen molar-refractivity contribution in [3.05, 3.63) is 35.7 Å². The zero-order valence-electron chi connectivity index (χ0n) is 18.6. The van der Waals surface area contributed by atoms with Crippen molar-refractivity contribution in [1.82, 2.24) is 20.4 Å². The molecular weight excluding hydrogens is 412 g/mol. The van der Waals surface area contributed by atoms with Crippen LogP contribution in [0.2, 0.25) is 0 Å². The van der Waals surface area contributed by atoms with Gasteiger partial charge in [-0.3, -0.25) is 0 Å². The van der Waals surface area contributed by atoms with Crippen LogP contribution in [0, 0.1) is 13.8 Å². The average Bonchev–Trinajstić information content (AvgIpc) is 3.21. The number of halogens is 2. The summed E-state index contributed by atoms with van der Waals surface area (Å²) in [5, 5.41) is 8.65. The summed E-state index contributed by atoms with van der Waals surface area (Å²) in [5.41, 5.74) is 2.96. The molecule has 1 N–H and O–H groups in total. The lowest BCUT2D eigenvalue weighted by atomic mass is 9.91. The molecule has 170 valence electrons. The van der Waals surface area contributed by atoms with E-state index in [9.17, 15) is 8.78 Å². The SMILES string of the molecule is Cc1ccc2nc(N3CCC(NC4CCC(F)(F)CC4)CC3)c(-c3nc(C)no3)cc2c1. The van der Waals surface area contributed by atoms with Gasteiger partial charge in [-0.1, -0.05) is 16.8 Å². The Hall–Kier alpha value is -2.61. The molecule has 6 nitrogen and oxygen atoms in total. The van der Waals surface area contributed by atoms with Gasteiger partial charge < -0.3 is 14.7 Å². The molecule has 3 heterocycles. The molecule has 2 aromatic heterocycles. The van der Waals surface area contributed by atoms with E-state index in [1.54, 1.807) is 0 Å². The lowest BCUT2D eigenvalue weighted by Gasteiger charge is -2.37. The molecule has 0 bridgehead atoms. The van der Waals surface area contributed by atoms with Gasteiger partial charge in [-0.15, -0.1) is 0 Å². The monoisotopic (exact) mass is 441 g/mol. The van der Waals surface area contributed by atoms with Gasteiger partial charge in [0.15, 0.2) is 5.82 Å². The van der Waals surface area contributed by atoms with Crippen molar-refractivity contribution < 1.29 is 13.3 Å². The number of hydrogen-bond donors (Lipinski definition) is 1. The van der Waals surface area contributed by atoms with Crippen LogP contribution >= 0.6 is 0 Å². The van der Waals surface area contributed by atoms with Crippen LogP contribution in [0.1, 0.15) is 49.9 Å². The quantitative estimate of drug-likeness (QED) is 0.612. The number of anilines is 1. The summed E-state index contributed by atoms with van der Waals surface area (Å²) in [4.78, 5) is 11.7. The van der Waals surface area contributed by atoms with Crippen molar-refractivity contribution in [1.29, 1.82) is 0 Å². The first kappa shape index (κ1) is 21.2. The zero-order valence-corrected chi connectivity index (χ0v) is 18.6. The third kappa shape index (κ3) is 4.46. The molecule has 1 aliphatic heterocycles. The first-order valence-electron chi connectivity index (χ1n) is 11.5. The van der Waals surface area contributed by atoms with Gasteiger partial charge >= 0.3 is 0 Å². The third-order valence-electron chi connectivity index (χ3n) is 6.69. The summed E-state index contributed by atoms with van der Waals surface area (Å²) in [6, 6.07) is 8.86. The Bertz CT molecular complexity index is 1100. The predicted octanol–water partition coefficient (Wildman–Crippen LogP) is 5.04. The lowest BCUT2D eigenvalue weighted by Crippen LogP contribution is -2.48. The first-order chi connectivity index (χ1) is 15.4. The second-order valence-corrected chi connectivity index (χ2v) is 9.26. The second-order valence-electron chi connectivity index (χ2n) is 9.26. The van der Waals surface area contributed by atoms with E-state index >= 15 is 0 Å². The Morgan fingerprint density at radius 3 is 2.41 bits per heavy atom. The summed E-state index contributed by atoms with van der Waals surface area (Å²) >= 11 is 0. The van der Waals surface area contributed by atoms with Gasteiger partial charge in [0.2, 0.25) is 5.92 Å². The fourth-order valence-electron chi connectivity index (χ4n) is 4.89. The number of fused-ring (bicyclic) bond motifs is 1. The van der Waals surface area contributed by atoms with Crippen LogP contribution in [0.25, 0.3) is 22.4 Å². The maximum atomic E-state index is 13.4. The molecule has 2 aliphatic rings. The van der Waals surface area contributed by atoms with Gasteiger partial charge in [0.25, 0.3) is 5.89 Å². The van der Waals surface area contributed by atoms with E-state index in [2.05, 4.69) is 45.5 Å². The minimum Gasteiger partial charge on any atom is -0.356 e. The third-order valence-corrected chi connectivity index (χ3v) is 6.69. The van der Waals surface area contributed by atoms with Crippen LogP contribution in [-0.4, -0.2) is 46.2 Å². The second kappa shape index (κ2) is 8.39. The maximum absolute atomic E-state index is 13.4. The van der Waals surface area contributed by atoms with Crippen molar-refractivity contribution in [2.24, 2.45) is 0 Å². The van der Waals surface area contributed by atoms with Gasteiger partial charge in [0.1, 0.15) is 5.82 Å². The van der Waals surface area contributed by atoms with Crippen molar-refractivity contribution in [3.63, 3.8) is 0 Å². The van der Waals surface area contributed by atoms with E-state index in [0.29, 0.717) is 30.6 Å². The molecule has 0 radical (unpaired) electrons. The fourth-order valence-corrected chi connectivity index (χ4v) is 4.89. The molecule has 1 saturated heterocycles. The van der Waals surface area contributed by atoms with Crippen LogP contribution in [0.3, 0.4) is 0 Å². The van der Waals surface area contributed by atoms with Gasteiger partial charge in [-0.05, 0) is 57.7 Å². The summed E-state index contributed by atoms with van der Waals surface area (Å²) < 4.78 is 32.4. The van der Waals surface area contributed by atoms with Gasteiger partial charge in [-0.25, -0.2) is 13.8 Å². The van der Waals surface area contributed by atoms with Crippen molar-refractivity contribution in [3.8, 4) is 11.5 Å². The molecule has 0 amide bonds. The fraction of sp³-hybridized carbons (Fsp3) is 0.542. The standard InChI is InChI=1S/C24H29F2N5O/c1-15-3-4-21-17(13-15)14-20(23-27-16(2)30-32-23)22(29-21)31-11-7-19(8-12-31)28-18-5-9-24(25,26)10-6-18/h3-4,13-14,18-19,28H,5-12H2,1-2H3. The normalized spacial score (nSPS) is 20.2. The van der Waals surface area contributed by atoms with Crippen molar-refractivity contribution in [2.45, 2.75) is 70.4 Å². The Labute approximate surface area is 186 Å². The van der Waals surface area contributed by atoms with Gasteiger partial charge in [0.05, 0.1) is 11.1 Å². The molecule has 2 fully saturated rings. The summed E-state index contributed by atoms with van der Waals surface area (Å²) in [6.07, 6.45) is 3.00. The summed E-state index contributed by atoms with van der Waals surface area (Å²) in [6.45, 7) is 5.55. The number of piperidine rings is 1. The van der Waals surface area contributed by atoms with Crippen LogP contribution in [-0.2, 0) is 0 Å². The predicted molar refractivity (Wildman–Crippen MR) is 120 cm³/mol. The van der Waals surface area contributed by atoms with E-state index in [0.717, 1.165) is 48.2 Å². The van der Waals surface area contributed by atoms with Crippen LogP contribution in [0.15, 0.2) is 28.8 Å². The minimum atomic E-state index is -2.48. The molecule has 3 aromatic rings. The number of rotatable bonds is 4. The average molecular weight is 442 g/mol. The van der Waals surface area contributed by atoms with Gasteiger partial charge in [-0.2, -0.15) is 4.98 Å². The zero-order chi connectivity index (χ0) is 22.3. The Morgan fingerprint density at radius 2 is 1.72 bits per heavy atom. The number of hydrogen-bond acceptors (Lipinski definition) is 6. The number of nitrogens with zero attached hydrogens (tertiary/aromatic N) is 4. The van der Waals surface area contributed by atoms with Crippen LogP contribution in [0.4, 0.5) is 14.6 Å². The van der Waals surface area contributed by atoms with Crippen molar-refractivity contribution in [2.75, 3.05) is 18.0 Å². The molecular formula is C24H29F2N5O. The number of aryl methyl sites for hydroxylation is 2. The minimum absolute atomic E-state index is 0.00302. The highest BCUT2D eigenvalue weighted by Crippen LogP contribution is 2.35. The van der Waals surface area contributed by atoms with Crippen LogP contribution in [0.5, 0.6) is 0 Å². The molecule has 0 unspecified atom stereocenters. The number of nitrogens with one attached hydrogen (secondary N) is 1. The molecule has 1 aliphatic carbocycles. The highest BCUT2D eigenvalue weighted by atomic mass is 19.3. The van der Waals surface area contributed by atoms with E-state index < -0.39 is 5.92 Å². The van der Waals surface area contributed by atoms with E-state index in [1.165, 1.54) is 5.56 Å². The van der Waals surface area contributed by atoms with E-state index in [-0.39, 0.29) is 18.9 Å². The Balaban J connectivity index is 1.34. The van der Waals surface area contributed by atoms with Crippen molar-refractivity contribution >= 4 is 16.7 Å². The van der Waals surface area contributed by atoms with E-state index in [1.807, 2.05) is 13.0 Å².